The first kappa shape index (κ1) is 11.6. The highest BCUT2D eigenvalue weighted by atomic mass is 16.5. The van der Waals surface area contributed by atoms with Crippen LogP contribution in [0.1, 0.15) is 28.7 Å². The zero-order chi connectivity index (χ0) is 12.4. The van der Waals surface area contributed by atoms with E-state index in [1.54, 1.807) is 13.0 Å². The van der Waals surface area contributed by atoms with Gasteiger partial charge in [0.15, 0.2) is 0 Å². The Morgan fingerprint density at radius 2 is 2.06 bits per heavy atom. The molecule has 2 aromatic rings. The largest absolute Gasteiger partial charge is 0.461 e. The predicted molar refractivity (Wildman–Crippen MR) is 67.2 cm³/mol. The average Bonchev–Trinajstić information content (AvgIpc) is 2.30. The molecule has 0 aliphatic carbocycles. The van der Waals surface area contributed by atoms with Crippen LogP contribution in [-0.2, 0) is 4.74 Å². The van der Waals surface area contributed by atoms with Crippen molar-refractivity contribution in [2.24, 2.45) is 0 Å². The van der Waals surface area contributed by atoms with Crippen molar-refractivity contribution in [1.29, 1.82) is 0 Å². The third-order valence-electron chi connectivity index (χ3n) is 2.66. The van der Waals surface area contributed by atoms with E-state index in [1.165, 1.54) is 5.56 Å². The van der Waals surface area contributed by atoms with Crippen molar-refractivity contribution in [3.63, 3.8) is 0 Å². The fourth-order valence-corrected chi connectivity index (χ4v) is 1.84. The van der Waals surface area contributed by atoms with Gasteiger partial charge in [-0.25, -0.2) is 9.78 Å². The summed E-state index contributed by atoms with van der Waals surface area (Å²) in [6, 6.07) is 7.88. The minimum Gasteiger partial charge on any atom is -0.461 e. The highest BCUT2D eigenvalue weighted by molar-refractivity contribution is 5.94. The number of rotatable bonds is 2. The van der Waals surface area contributed by atoms with Crippen molar-refractivity contribution >= 4 is 16.7 Å². The molecular weight excluding hydrogens is 214 g/mol. The topological polar surface area (TPSA) is 39.2 Å². The molecule has 0 N–H and O–H groups in total. The number of carbonyl (C=O) groups is 1. The fourth-order valence-electron chi connectivity index (χ4n) is 1.84. The van der Waals surface area contributed by atoms with Gasteiger partial charge < -0.3 is 4.74 Å². The lowest BCUT2D eigenvalue weighted by molar-refractivity contribution is 0.0519. The summed E-state index contributed by atoms with van der Waals surface area (Å²) < 4.78 is 4.95. The van der Waals surface area contributed by atoms with Gasteiger partial charge in [-0.3, -0.25) is 0 Å². The minimum absolute atomic E-state index is 0.363. The number of carbonyl (C=O) groups excluding carboxylic acids is 1. The van der Waals surface area contributed by atoms with Crippen LogP contribution in [0, 0.1) is 13.8 Å². The maximum absolute atomic E-state index is 11.6. The lowest BCUT2D eigenvalue weighted by Gasteiger charge is -2.06. The van der Waals surface area contributed by atoms with E-state index in [2.05, 4.69) is 11.1 Å². The third kappa shape index (κ3) is 2.28. The van der Waals surface area contributed by atoms with Gasteiger partial charge in [-0.2, -0.15) is 0 Å². The van der Waals surface area contributed by atoms with Gasteiger partial charge in [-0.1, -0.05) is 17.7 Å². The highest BCUT2D eigenvalue weighted by Gasteiger charge is 2.10. The molecule has 0 aliphatic heterocycles. The van der Waals surface area contributed by atoms with Crippen LogP contribution in [-0.4, -0.2) is 17.6 Å². The van der Waals surface area contributed by atoms with Crippen molar-refractivity contribution in [2.45, 2.75) is 20.8 Å². The monoisotopic (exact) mass is 229 g/mol. The number of hydrogen-bond acceptors (Lipinski definition) is 3. The zero-order valence-corrected chi connectivity index (χ0v) is 10.3. The maximum atomic E-state index is 11.6. The second-order valence-corrected chi connectivity index (χ2v) is 4.04. The first-order valence-electron chi connectivity index (χ1n) is 5.67. The number of aryl methyl sites for hydroxylation is 2. The van der Waals surface area contributed by atoms with Crippen LogP contribution in [0.25, 0.3) is 10.8 Å². The lowest BCUT2D eigenvalue weighted by atomic mass is 10.1. The lowest BCUT2D eigenvalue weighted by Crippen LogP contribution is -2.07. The smallest absolute Gasteiger partial charge is 0.356 e. The summed E-state index contributed by atoms with van der Waals surface area (Å²) in [7, 11) is 0. The Balaban J connectivity index is 2.56. The van der Waals surface area contributed by atoms with E-state index in [-0.39, 0.29) is 5.97 Å². The number of esters is 1. The number of aromatic nitrogens is 1. The van der Waals surface area contributed by atoms with Gasteiger partial charge in [0.25, 0.3) is 0 Å². The van der Waals surface area contributed by atoms with E-state index in [0.717, 1.165) is 16.5 Å². The molecule has 1 aromatic carbocycles. The number of pyridine rings is 1. The molecule has 0 saturated heterocycles. The maximum Gasteiger partial charge on any atom is 0.356 e. The first-order chi connectivity index (χ1) is 8.11. The molecular formula is C14H15NO2. The molecule has 88 valence electrons. The molecule has 0 spiro atoms. The zero-order valence-electron chi connectivity index (χ0n) is 10.3. The number of fused-ring (bicyclic) bond motifs is 1. The summed E-state index contributed by atoms with van der Waals surface area (Å²) in [5, 5.41) is 2.10. The number of hydrogen-bond donors (Lipinski definition) is 0. The Labute approximate surface area is 100 Å². The van der Waals surface area contributed by atoms with Crippen LogP contribution >= 0.6 is 0 Å². The Morgan fingerprint density at radius 1 is 1.29 bits per heavy atom. The Hall–Kier alpha value is -1.90. The average molecular weight is 229 g/mol. The fraction of sp³-hybridized carbons (Fsp3) is 0.286. The van der Waals surface area contributed by atoms with Gasteiger partial charge in [0.2, 0.25) is 0 Å². The summed E-state index contributed by atoms with van der Waals surface area (Å²) in [6.07, 6.45) is 0. The SMILES string of the molecule is CCOC(=O)c1cc2ccc(C)cc2c(C)n1. The molecule has 0 unspecified atom stereocenters. The van der Waals surface area contributed by atoms with Gasteiger partial charge in [0.1, 0.15) is 5.69 Å². The van der Waals surface area contributed by atoms with Crippen LogP contribution in [0.3, 0.4) is 0 Å². The molecule has 3 nitrogen and oxygen atoms in total. The van der Waals surface area contributed by atoms with Crippen LogP contribution < -0.4 is 0 Å². The van der Waals surface area contributed by atoms with Crippen molar-refractivity contribution in [3.05, 3.63) is 41.2 Å². The quantitative estimate of drug-likeness (QED) is 0.743. The molecule has 1 heterocycles. The first-order valence-corrected chi connectivity index (χ1v) is 5.67. The number of benzene rings is 1. The van der Waals surface area contributed by atoms with E-state index in [1.807, 2.05) is 26.0 Å². The van der Waals surface area contributed by atoms with Crippen LogP contribution in [0.4, 0.5) is 0 Å². The Morgan fingerprint density at radius 3 is 2.76 bits per heavy atom. The van der Waals surface area contributed by atoms with Gasteiger partial charge in [0.05, 0.1) is 6.61 Å². The van der Waals surface area contributed by atoms with Crippen molar-refractivity contribution < 1.29 is 9.53 Å². The third-order valence-corrected chi connectivity index (χ3v) is 2.66. The second kappa shape index (κ2) is 4.53. The van der Waals surface area contributed by atoms with Crippen LogP contribution in [0.5, 0.6) is 0 Å². The van der Waals surface area contributed by atoms with Crippen molar-refractivity contribution in [3.8, 4) is 0 Å². The molecule has 0 amide bonds. The molecule has 0 aliphatic rings. The summed E-state index contributed by atoms with van der Waals surface area (Å²) in [5.74, 6) is -0.363. The molecule has 0 saturated carbocycles. The second-order valence-electron chi connectivity index (χ2n) is 4.04. The molecule has 3 heteroatoms. The highest BCUT2D eigenvalue weighted by Crippen LogP contribution is 2.20. The molecule has 17 heavy (non-hydrogen) atoms. The van der Waals surface area contributed by atoms with Crippen LogP contribution in [0.15, 0.2) is 24.3 Å². The van der Waals surface area contributed by atoms with E-state index in [4.69, 9.17) is 4.74 Å². The van der Waals surface area contributed by atoms with Gasteiger partial charge >= 0.3 is 5.97 Å². The molecule has 0 atom stereocenters. The van der Waals surface area contributed by atoms with Gasteiger partial charge in [0, 0.05) is 11.1 Å². The molecule has 0 bridgehead atoms. The summed E-state index contributed by atoms with van der Waals surface area (Å²) in [5.41, 5.74) is 2.42. The summed E-state index contributed by atoms with van der Waals surface area (Å²) in [6.45, 7) is 6.10. The molecule has 1 aromatic heterocycles. The van der Waals surface area contributed by atoms with E-state index >= 15 is 0 Å². The molecule has 2 rings (SSSR count). The van der Waals surface area contributed by atoms with E-state index in [9.17, 15) is 4.79 Å². The van der Waals surface area contributed by atoms with Crippen molar-refractivity contribution in [2.75, 3.05) is 6.61 Å². The molecule has 0 radical (unpaired) electrons. The normalized spacial score (nSPS) is 10.5. The van der Waals surface area contributed by atoms with E-state index in [0.29, 0.717) is 12.3 Å². The summed E-state index contributed by atoms with van der Waals surface area (Å²) in [4.78, 5) is 15.9. The van der Waals surface area contributed by atoms with Gasteiger partial charge in [-0.15, -0.1) is 0 Å². The number of ether oxygens (including phenoxy) is 1. The van der Waals surface area contributed by atoms with Crippen LogP contribution in [0.2, 0.25) is 0 Å². The standard InChI is InChI=1S/C14H15NO2/c1-4-17-14(16)13-8-11-6-5-9(2)7-12(11)10(3)15-13/h5-8H,4H2,1-3H3. The summed E-state index contributed by atoms with van der Waals surface area (Å²) >= 11 is 0. The van der Waals surface area contributed by atoms with Crippen molar-refractivity contribution in [1.82, 2.24) is 4.98 Å². The van der Waals surface area contributed by atoms with E-state index < -0.39 is 0 Å². The van der Waals surface area contributed by atoms with Gasteiger partial charge in [-0.05, 0) is 38.3 Å². The minimum atomic E-state index is -0.363. The number of nitrogens with zero attached hydrogens (tertiary/aromatic N) is 1. The Kier molecular flexibility index (Phi) is 3.09. The Bertz CT molecular complexity index is 576. The predicted octanol–water partition coefficient (Wildman–Crippen LogP) is 3.03. The molecule has 0 fully saturated rings.